The van der Waals surface area contributed by atoms with Gasteiger partial charge in [-0.25, -0.2) is 4.98 Å². The third-order valence-electron chi connectivity index (χ3n) is 4.83. The molecule has 3 rings (SSSR count). The van der Waals surface area contributed by atoms with E-state index in [0.29, 0.717) is 11.5 Å². The molecule has 0 aliphatic carbocycles. The molecule has 3 heterocycles. The average Bonchev–Trinajstić information content (AvgIpc) is 2.98. The first-order valence-electron chi connectivity index (χ1n) is 7.86. The van der Waals surface area contributed by atoms with Crippen molar-refractivity contribution in [2.45, 2.75) is 18.9 Å². The molecule has 2 aromatic rings. The monoisotopic (exact) mass is 313 g/mol. The van der Waals surface area contributed by atoms with Crippen LogP contribution in [0, 0.1) is 5.92 Å². The zero-order valence-electron chi connectivity index (χ0n) is 13.9. The zero-order valence-corrected chi connectivity index (χ0v) is 13.9. The molecule has 2 aromatic heterocycles. The van der Waals surface area contributed by atoms with Crippen LogP contribution in [0.15, 0.2) is 35.4 Å². The fourth-order valence-electron chi connectivity index (χ4n) is 3.30. The minimum absolute atomic E-state index is 0.0927. The Labute approximate surface area is 136 Å². The second kappa shape index (κ2) is 5.86. The van der Waals surface area contributed by atoms with Gasteiger partial charge in [0.1, 0.15) is 5.82 Å². The summed E-state index contributed by atoms with van der Waals surface area (Å²) in [6, 6.07) is 5.25. The number of hydrogen-bond donors (Lipinski definition) is 1. The lowest BCUT2D eigenvalue weighted by atomic mass is 9.84. The lowest BCUT2D eigenvalue weighted by Crippen LogP contribution is -2.47. The fraction of sp³-hybridized carbons (Fsp3) is 0.471. The maximum absolute atomic E-state index is 12.4. The van der Waals surface area contributed by atoms with E-state index < -0.39 is 5.54 Å². The summed E-state index contributed by atoms with van der Waals surface area (Å²) in [6.45, 7) is 3.92. The molecule has 1 fully saturated rings. The second-order valence-electron chi connectivity index (χ2n) is 6.63. The van der Waals surface area contributed by atoms with Gasteiger partial charge in [-0.1, -0.05) is 0 Å². The molecule has 6 heteroatoms. The highest BCUT2D eigenvalue weighted by Crippen LogP contribution is 2.32. The molecule has 0 radical (unpaired) electrons. The number of pyridine rings is 1. The van der Waals surface area contributed by atoms with Gasteiger partial charge in [-0.3, -0.25) is 14.3 Å². The van der Waals surface area contributed by atoms with Gasteiger partial charge < -0.3 is 10.6 Å². The van der Waals surface area contributed by atoms with E-state index in [1.54, 1.807) is 30.1 Å². The molecule has 2 unspecified atom stereocenters. The summed E-state index contributed by atoms with van der Waals surface area (Å²) in [5.41, 5.74) is 7.44. The first kappa shape index (κ1) is 15.8. The lowest BCUT2D eigenvalue weighted by molar-refractivity contribution is 0.272. The highest BCUT2D eigenvalue weighted by molar-refractivity contribution is 5.57. The first-order valence-corrected chi connectivity index (χ1v) is 7.86. The van der Waals surface area contributed by atoms with Gasteiger partial charge in [-0.15, -0.1) is 0 Å². The van der Waals surface area contributed by atoms with Crippen LogP contribution < -0.4 is 11.3 Å². The summed E-state index contributed by atoms with van der Waals surface area (Å²) in [5.74, 6) is 0.912. The Morgan fingerprint density at radius 2 is 2.00 bits per heavy atom. The standard InChI is InChI=1S/C17H23N5O/c1-17(18,13-6-9-21(2)11-13)16-20-14(10-15(23)22(16)3)12-4-7-19-8-5-12/h4-5,7-8,10,13H,6,9,11,18H2,1-3H3. The van der Waals surface area contributed by atoms with Crippen LogP contribution in [0.1, 0.15) is 19.2 Å². The Balaban J connectivity index is 2.08. The smallest absolute Gasteiger partial charge is 0.253 e. The predicted octanol–water partition coefficient (Wildman–Crippen LogP) is 0.968. The third kappa shape index (κ3) is 2.92. The maximum atomic E-state index is 12.4. The summed E-state index contributed by atoms with van der Waals surface area (Å²) >= 11 is 0. The quantitative estimate of drug-likeness (QED) is 0.913. The van der Waals surface area contributed by atoms with Gasteiger partial charge in [-0.05, 0) is 45.0 Å². The molecule has 0 spiro atoms. The fourth-order valence-corrected chi connectivity index (χ4v) is 3.30. The van der Waals surface area contributed by atoms with Crippen molar-refractivity contribution >= 4 is 0 Å². The highest BCUT2D eigenvalue weighted by atomic mass is 16.1. The third-order valence-corrected chi connectivity index (χ3v) is 4.83. The van der Waals surface area contributed by atoms with Gasteiger partial charge in [-0.2, -0.15) is 0 Å². The van der Waals surface area contributed by atoms with E-state index in [2.05, 4.69) is 16.9 Å². The molecule has 0 amide bonds. The van der Waals surface area contributed by atoms with Crippen molar-refractivity contribution in [3.05, 3.63) is 46.8 Å². The Kier molecular flexibility index (Phi) is 4.04. The van der Waals surface area contributed by atoms with E-state index in [1.165, 1.54) is 0 Å². The van der Waals surface area contributed by atoms with Crippen LogP contribution in [-0.4, -0.2) is 39.6 Å². The number of nitrogens with two attached hydrogens (primary N) is 1. The van der Waals surface area contributed by atoms with Gasteiger partial charge in [0.2, 0.25) is 0 Å². The molecule has 0 aromatic carbocycles. The van der Waals surface area contributed by atoms with Gasteiger partial charge in [0.25, 0.3) is 5.56 Å². The van der Waals surface area contributed by atoms with E-state index in [1.807, 2.05) is 19.1 Å². The van der Waals surface area contributed by atoms with Gasteiger partial charge in [0.05, 0.1) is 11.2 Å². The number of hydrogen-bond acceptors (Lipinski definition) is 5. The highest BCUT2D eigenvalue weighted by Gasteiger charge is 2.39. The minimum atomic E-state index is -0.651. The van der Waals surface area contributed by atoms with Crippen LogP contribution in [0.5, 0.6) is 0 Å². The van der Waals surface area contributed by atoms with Crippen molar-refractivity contribution in [1.82, 2.24) is 19.4 Å². The number of nitrogens with zero attached hydrogens (tertiary/aromatic N) is 4. The molecule has 122 valence electrons. The van der Waals surface area contributed by atoms with Crippen molar-refractivity contribution in [2.24, 2.45) is 18.7 Å². The van der Waals surface area contributed by atoms with Crippen LogP contribution in [0.3, 0.4) is 0 Å². The van der Waals surface area contributed by atoms with Crippen LogP contribution in [0.2, 0.25) is 0 Å². The van der Waals surface area contributed by atoms with Gasteiger partial charge >= 0.3 is 0 Å². The zero-order chi connectivity index (χ0) is 16.6. The summed E-state index contributed by atoms with van der Waals surface area (Å²) in [6.07, 6.45) is 4.41. The van der Waals surface area contributed by atoms with Crippen molar-refractivity contribution < 1.29 is 0 Å². The molecule has 2 atom stereocenters. The van der Waals surface area contributed by atoms with E-state index >= 15 is 0 Å². The summed E-state index contributed by atoms with van der Waals surface area (Å²) in [7, 11) is 3.83. The molecule has 1 aliphatic heterocycles. The van der Waals surface area contributed by atoms with Crippen LogP contribution in [-0.2, 0) is 12.6 Å². The molecule has 1 aliphatic rings. The summed E-state index contributed by atoms with van der Waals surface area (Å²) < 4.78 is 1.57. The van der Waals surface area contributed by atoms with Crippen molar-refractivity contribution in [1.29, 1.82) is 0 Å². The molecular weight excluding hydrogens is 290 g/mol. The SMILES string of the molecule is CN1CCC(C(C)(N)c2nc(-c3ccncc3)cc(=O)n2C)C1. The van der Waals surface area contributed by atoms with E-state index in [9.17, 15) is 4.79 Å². The van der Waals surface area contributed by atoms with Crippen molar-refractivity contribution in [3.8, 4) is 11.3 Å². The molecule has 2 N–H and O–H groups in total. The topological polar surface area (TPSA) is 77.0 Å². The Morgan fingerprint density at radius 1 is 1.30 bits per heavy atom. The molecular formula is C17H23N5O. The Hall–Kier alpha value is -2.05. The van der Waals surface area contributed by atoms with Crippen LogP contribution in [0.25, 0.3) is 11.3 Å². The molecule has 6 nitrogen and oxygen atoms in total. The minimum Gasteiger partial charge on any atom is -0.319 e. The molecule has 0 saturated carbocycles. The van der Waals surface area contributed by atoms with Crippen LogP contribution >= 0.6 is 0 Å². The van der Waals surface area contributed by atoms with E-state index in [4.69, 9.17) is 10.7 Å². The number of rotatable bonds is 3. The molecule has 1 saturated heterocycles. The number of aromatic nitrogens is 3. The summed E-state index contributed by atoms with van der Waals surface area (Å²) in [5, 5.41) is 0. The predicted molar refractivity (Wildman–Crippen MR) is 89.9 cm³/mol. The molecule has 0 bridgehead atoms. The van der Waals surface area contributed by atoms with Crippen molar-refractivity contribution in [3.63, 3.8) is 0 Å². The Morgan fingerprint density at radius 3 is 2.61 bits per heavy atom. The Bertz CT molecular complexity index is 753. The second-order valence-corrected chi connectivity index (χ2v) is 6.63. The maximum Gasteiger partial charge on any atom is 0.253 e. The van der Waals surface area contributed by atoms with Crippen LogP contribution in [0.4, 0.5) is 0 Å². The normalized spacial score (nSPS) is 21.3. The lowest BCUT2D eigenvalue weighted by Gasteiger charge is -2.32. The van der Waals surface area contributed by atoms with E-state index in [0.717, 1.165) is 25.1 Å². The van der Waals surface area contributed by atoms with Gasteiger partial charge in [0, 0.05) is 37.6 Å². The van der Waals surface area contributed by atoms with Gasteiger partial charge in [0.15, 0.2) is 0 Å². The van der Waals surface area contributed by atoms with Crippen molar-refractivity contribution in [2.75, 3.05) is 20.1 Å². The molecule has 23 heavy (non-hydrogen) atoms. The average molecular weight is 313 g/mol. The summed E-state index contributed by atoms with van der Waals surface area (Å²) in [4.78, 5) is 23.4. The largest absolute Gasteiger partial charge is 0.319 e. The number of likely N-dealkylation sites (tertiary alicyclic amines) is 1. The first-order chi connectivity index (χ1) is 10.9. The van der Waals surface area contributed by atoms with E-state index in [-0.39, 0.29) is 11.5 Å².